The van der Waals surface area contributed by atoms with Crippen LogP contribution >= 0.6 is 0 Å². The van der Waals surface area contributed by atoms with Crippen LogP contribution in [0.2, 0.25) is 0 Å². The first-order valence-electron chi connectivity index (χ1n) is 6.83. The normalized spacial score (nSPS) is 33.1. The number of rotatable bonds is 3. The van der Waals surface area contributed by atoms with Crippen molar-refractivity contribution in [3.63, 3.8) is 0 Å². The fourth-order valence-corrected chi connectivity index (χ4v) is 2.87. The van der Waals surface area contributed by atoms with Crippen LogP contribution in [0.5, 0.6) is 0 Å². The number of amides is 1. The standard InChI is InChI=1S/C13H25N3O2/c1-15(2)10-5-4-6-16(9-10)13(17)12-7-11(18-3)8-14-12/h10-12,14H,4-9H2,1-3H3. The number of hydrogen-bond donors (Lipinski definition) is 1. The molecule has 2 fully saturated rings. The Morgan fingerprint density at radius 2 is 2.22 bits per heavy atom. The van der Waals surface area contributed by atoms with E-state index in [1.807, 2.05) is 4.90 Å². The van der Waals surface area contributed by atoms with Crippen LogP contribution in [0.1, 0.15) is 19.3 Å². The van der Waals surface area contributed by atoms with E-state index >= 15 is 0 Å². The van der Waals surface area contributed by atoms with E-state index in [-0.39, 0.29) is 18.1 Å². The number of nitrogens with one attached hydrogen (secondary N) is 1. The largest absolute Gasteiger partial charge is 0.380 e. The Morgan fingerprint density at radius 1 is 1.44 bits per heavy atom. The van der Waals surface area contributed by atoms with E-state index in [0.29, 0.717) is 6.04 Å². The smallest absolute Gasteiger partial charge is 0.239 e. The topological polar surface area (TPSA) is 44.8 Å². The minimum atomic E-state index is -0.0455. The molecule has 0 aromatic carbocycles. The summed E-state index contributed by atoms with van der Waals surface area (Å²) in [6, 6.07) is 0.457. The first-order valence-corrected chi connectivity index (χ1v) is 6.83. The number of likely N-dealkylation sites (tertiary alicyclic amines) is 1. The van der Waals surface area contributed by atoms with Crippen LogP contribution < -0.4 is 5.32 Å². The average molecular weight is 255 g/mol. The summed E-state index contributed by atoms with van der Waals surface area (Å²) in [5.74, 6) is 0.251. The zero-order valence-electron chi connectivity index (χ0n) is 11.7. The molecule has 2 saturated heterocycles. The van der Waals surface area contributed by atoms with Gasteiger partial charge in [-0.3, -0.25) is 4.79 Å². The van der Waals surface area contributed by atoms with E-state index in [2.05, 4.69) is 24.3 Å². The Balaban J connectivity index is 1.89. The molecule has 1 N–H and O–H groups in total. The van der Waals surface area contributed by atoms with Crippen molar-refractivity contribution in [3.8, 4) is 0 Å². The lowest BCUT2D eigenvalue weighted by Crippen LogP contribution is -2.52. The van der Waals surface area contributed by atoms with Gasteiger partial charge >= 0.3 is 0 Å². The van der Waals surface area contributed by atoms with Gasteiger partial charge < -0.3 is 19.9 Å². The highest BCUT2D eigenvalue weighted by molar-refractivity contribution is 5.82. The van der Waals surface area contributed by atoms with Crippen molar-refractivity contribution in [3.05, 3.63) is 0 Å². The molecule has 0 aromatic rings. The summed E-state index contributed by atoms with van der Waals surface area (Å²) in [7, 11) is 5.89. The summed E-state index contributed by atoms with van der Waals surface area (Å²) >= 11 is 0. The highest BCUT2D eigenvalue weighted by atomic mass is 16.5. The second-order valence-electron chi connectivity index (χ2n) is 5.60. The SMILES string of the molecule is COC1CNC(C(=O)N2CCCC(N(C)C)C2)C1. The summed E-state index contributed by atoms with van der Waals surface area (Å²) < 4.78 is 5.30. The second-order valence-corrected chi connectivity index (χ2v) is 5.60. The van der Waals surface area contributed by atoms with Gasteiger partial charge in [-0.2, -0.15) is 0 Å². The lowest BCUT2D eigenvalue weighted by atomic mass is 10.0. The van der Waals surface area contributed by atoms with Gasteiger partial charge in [-0.1, -0.05) is 0 Å². The van der Waals surface area contributed by atoms with Crippen molar-refractivity contribution in [2.45, 2.75) is 37.5 Å². The fraction of sp³-hybridized carbons (Fsp3) is 0.923. The number of nitrogens with zero attached hydrogens (tertiary/aromatic N) is 2. The Hall–Kier alpha value is -0.650. The van der Waals surface area contributed by atoms with Crippen LogP contribution in [0.25, 0.3) is 0 Å². The fourth-order valence-electron chi connectivity index (χ4n) is 2.87. The molecule has 3 atom stereocenters. The molecule has 0 bridgehead atoms. The molecule has 0 saturated carbocycles. The van der Waals surface area contributed by atoms with Crippen molar-refractivity contribution in [1.82, 2.24) is 15.1 Å². The van der Waals surface area contributed by atoms with E-state index in [1.165, 1.54) is 6.42 Å². The predicted octanol–water partition coefficient (Wildman–Crippen LogP) is -0.0841. The Bertz CT molecular complexity index is 296. The summed E-state index contributed by atoms with van der Waals surface area (Å²) in [5, 5.41) is 3.27. The van der Waals surface area contributed by atoms with E-state index < -0.39 is 0 Å². The van der Waals surface area contributed by atoms with Gasteiger partial charge in [0.15, 0.2) is 0 Å². The number of ether oxygens (including phenoxy) is 1. The summed E-state index contributed by atoms with van der Waals surface area (Å²) in [6.45, 7) is 2.55. The van der Waals surface area contributed by atoms with Crippen molar-refractivity contribution < 1.29 is 9.53 Å². The molecule has 0 aliphatic carbocycles. The molecule has 3 unspecified atom stereocenters. The summed E-state index contributed by atoms with van der Waals surface area (Å²) in [4.78, 5) is 16.7. The van der Waals surface area contributed by atoms with E-state index in [4.69, 9.17) is 4.74 Å². The van der Waals surface area contributed by atoms with E-state index in [0.717, 1.165) is 32.5 Å². The first kappa shape index (κ1) is 13.8. The molecule has 18 heavy (non-hydrogen) atoms. The predicted molar refractivity (Wildman–Crippen MR) is 70.5 cm³/mol. The molecule has 0 radical (unpaired) electrons. The highest BCUT2D eigenvalue weighted by Gasteiger charge is 2.34. The Labute approximate surface area is 109 Å². The molecular weight excluding hydrogens is 230 g/mol. The zero-order valence-corrected chi connectivity index (χ0v) is 11.7. The molecule has 2 rings (SSSR count). The van der Waals surface area contributed by atoms with Gasteiger partial charge in [-0.05, 0) is 33.4 Å². The van der Waals surface area contributed by atoms with Gasteiger partial charge in [0, 0.05) is 32.8 Å². The van der Waals surface area contributed by atoms with Gasteiger partial charge in [0.25, 0.3) is 0 Å². The van der Waals surface area contributed by atoms with Gasteiger partial charge in [0.2, 0.25) is 5.91 Å². The van der Waals surface area contributed by atoms with Crippen LogP contribution in [0.4, 0.5) is 0 Å². The third kappa shape index (κ3) is 3.02. The lowest BCUT2D eigenvalue weighted by Gasteiger charge is -2.37. The Kier molecular flexibility index (Phi) is 4.59. The highest BCUT2D eigenvalue weighted by Crippen LogP contribution is 2.18. The van der Waals surface area contributed by atoms with Crippen LogP contribution in [0.15, 0.2) is 0 Å². The molecule has 5 nitrogen and oxygen atoms in total. The second kappa shape index (κ2) is 5.99. The van der Waals surface area contributed by atoms with E-state index in [1.54, 1.807) is 7.11 Å². The molecule has 2 aliphatic heterocycles. The van der Waals surface area contributed by atoms with Crippen LogP contribution in [0.3, 0.4) is 0 Å². The van der Waals surface area contributed by atoms with Gasteiger partial charge in [0.1, 0.15) is 0 Å². The molecular formula is C13H25N3O2. The molecule has 0 spiro atoms. The van der Waals surface area contributed by atoms with Crippen LogP contribution in [-0.2, 0) is 9.53 Å². The maximum absolute atomic E-state index is 12.4. The van der Waals surface area contributed by atoms with Gasteiger partial charge in [-0.25, -0.2) is 0 Å². The number of piperidine rings is 1. The monoisotopic (exact) mass is 255 g/mol. The quantitative estimate of drug-likeness (QED) is 0.766. The lowest BCUT2D eigenvalue weighted by molar-refractivity contribution is -0.135. The molecule has 5 heteroatoms. The molecule has 2 aliphatic rings. The molecule has 104 valence electrons. The van der Waals surface area contributed by atoms with Crippen molar-refractivity contribution in [2.24, 2.45) is 0 Å². The van der Waals surface area contributed by atoms with Gasteiger partial charge in [-0.15, -0.1) is 0 Å². The van der Waals surface area contributed by atoms with Crippen LogP contribution in [0, 0.1) is 0 Å². The first-order chi connectivity index (χ1) is 8.61. The molecule has 2 heterocycles. The third-order valence-corrected chi connectivity index (χ3v) is 4.16. The minimum absolute atomic E-state index is 0.0455. The van der Waals surface area contributed by atoms with Gasteiger partial charge in [0.05, 0.1) is 12.1 Å². The summed E-state index contributed by atoms with van der Waals surface area (Å²) in [5.41, 5.74) is 0. The molecule has 1 amide bonds. The van der Waals surface area contributed by atoms with Crippen molar-refractivity contribution in [2.75, 3.05) is 40.8 Å². The van der Waals surface area contributed by atoms with Crippen molar-refractivity contribution in [1.29, 1.82) is 0 Å². The number of hydrogen-bond acceptors (Lipinski definition) is 4. The maximum atomic E-state index is 12.4. The van der Waals surface area contributed by atoms with Crippen molar-refractivity contribution >= 4 is 5.91 Å². The third-order valence-electron chi connectivity index (χ3n) is 4.16. The number of carbonyl (C=O) groups excluding carboxylic acids is 1. The van der Waals surface area contributed by atoms with E-state index in [9.17, 15) is 4.79 Å². The summed E-state index contributed by atoms with van der Waals surface area (Å²) in [6.07, 6.45) is 3.29. The minimum Gasteiger partial charge on any atom is -0.380 e. The number of likely N-dealkylation sites (N-methyl/N-ethyl adjacent to an activating group) is 1. The van der Waals surface area contributed by atoms with Crippen LogP contribution in [-0.4, -0.2) is 74.7 Å². The zero-order chi connectivity index (χ0) is 13.1. The average Bonchev–Trinajstić information content (AvgIpc) is 2.86. The number of carbonyl (C=O) groups is 1. The number of methoxy groups -OCH3 is 1. The molecule has 0 aromatic heterocycles. The Morgan fingerprint density at radius 3 is 2.83 bits per heavy atom. The maximum Gasteiger partial charge on any atom is 0.239 e.